The summed E-state index contributed by atoms with van der Waals surface area (Å²) in [5, 5.41) is 3.54. The maximum Gasteiger partial charge on any atom is 0.119 e. The van der Waals surface area contributed by atoms with Crippen LogP contribution in [0.2, 0.25) is 0 Å². The van der Waals surface area contributed by atoms with Crippen molar-refractivity contribution in [2.45, 2.75) is 37.8 Å². The Kier molecular flexibility index (Phi) is 5.49. The molecule has 3 heteroatoms. The number of nitrogens with one attached hydrogen (secondary N) is 1. The topological polar surface area (TPSA) is 30.5 Å². The van der Waals surface area contributed by atoms with Crippen molar-refractivity contribution in [2.75, 3.05) is 20.3 Å². The number of hydrogen-bond donors (Lipinski definition) is 1. The van der Waals surface area contributed by atoms with E-state index in [4.69, 9.17) is 9.47 Å². The highest BCUT2D eigenvalue weighted by molar-refractivity contribution is 5.20. The van der Waals surface area contributed by atoms with Gasteiger partial charge in [0.25, 0.3) is 0 Å². The SMILES string of the molecule is COC1CCCCC1NCCOc1ccccc1. The minimum absolute atomic E-state index is 0.371. The number of benzene rings is 1. The van der Waals surface area contributed by atoms with Crippen LogP contribution in [-0.2, 0) is 4.74 Å². The van der Waals surface area contributed by atoms with Gasteiger partial charge < -0.3 is 14.8 Å². The maximum atomic E-state index is 5.66. The minimum Gasteiger partial charge on any atom is -0.492 e. The largest absolute Gasteiger partial charge is 0.492 e. The fourth-order valence-corrected chi connectivity index (χ4v) is 2.54. The quantitative estimate of drug-likeness (QED) is 0.786. The second-order valence-corrected chi connectivity index (χ2v) is 4.78. The lowest BCUT2D eigenvalue weighted by Gasteiger charge is -2.31. The zero-order chi connectivity index (χ0) is 12.6. The van der Waals surface area contributed by atoms with Crippen LogP contribution in [0.5, 0.6) is 5.75 Å². The molecule has 1 aromatic rings. The van der Waals surface area contributed by atoms with Gasteiger partial charge in [-0.15, -0.1) is 0 Å². The van der Waals surface area contributed by atoms with Crippen molar-refractivity contribution in [3.63, 3.8) is 0 Å². The summed E-state index contributed by atoms with van der Waals surface area (Å²) in [5.41, 5.74) is 0. The minimum atomic E-state index is 0.371. The Bertz CT molecular complexity index is 329. The van der Waals surface area contributed by atoms with Gasteiger partial charge in [-0.1, -0.05) is 31.0 Å². The van der Waals surface area contributed by atoms with Gasteiger partial charge in [-0.2, -0.15) is 0 Å². The summed E-state index contributed by atoms with van der Waals surface area (Å²) >= 11 is 0. The molecule has 1 aliphatic carbocycles. The van der Waals surface area contributed by atoms with Crippen LogP contribution < -0.4 is 10.1 Å². The first-order chi connectivity index (χ1) is 8.90. The Hall–Kier alpha value is -1.06. The first-order valence-corrected chi connectivity index (χ1v) is 6.84. The van der Waals surface area contributed by atoms with E-state index >= 15 is 0 Å². The van der Waals surface area contributed by atoms with Crippen molar-refractivity contribution >= 4 is 0 Å². The predicted octanol–water partition coefficient (Wildman–Crippen LogP) is 2.61. The first-order valence-electron chi connectivity index (χ1n) is 6.84. The summed E-state index contributed by atoms with van der Waals surface area (Å²) in [6.07, 6.45) is 5.35. The molecule has 1 N–H and O–H groups in total. The molecule has 2 atom stereocenters. The number of ether oxygens (including phenoxy) is 2. The molecule has 1 saturated carbocycles. The Morgan fingerprint density at radius 2 is 1.94 bits per heavy atom. The van der Waals surface area contributed by atoms with Crippen molar-refractivity contribution in [1.82, 2.24) is 5.32 Å². The van der Waals surface area contributed by atoms with Crippen LogP contribution in [0.4, 0.5) is 0 Å². The Morgan fingerprint density at radius 1 is 1.17 bits per heavy atom. The van der Waals surface area contributed by atoms with Gasteiger partial charge in [0.05, 0.1) is 6.10 Å². The molecule has 1 aliphatic rings. The lowest BCUT2D eigenvalue weighted by molar-refractivity contribution is 0.0408. The van der Waals surface area contributed by atoms with Gasteiger partial charge in [0.1, 0.15) is 12.4 Å². The Morgan fingerprint density at radius 3 is 2.72 bits per heavy atom. The van der Waals surface area contributed by atoms with Gasteiger partial charge in [0.15, 0.2) is 0 Å². The average molecular weight is 249 g/mol. The van der Waals surface area contributed by atoms with Crippen LogP contribution in [0, 0.1) is 0 Å². The molecule has 100 valence electrons. The number of methoxy groups -OCH3 is 1. The fraction of sp³-hybridized carbons (Fsp3) is 0.600. The third kappa shape index (κ3) is 4.00. The van der Waals surface area contributed by atoms with Crippen molar-refractivity contribution in [1.29, 1.82) is 0 Å². The molecule has 0 saturated heterocycles. The summed E-state index contributed by atoms with van der Waals surface area (Å²) in [6, 6.07) is 10.4. The number of rotatable bonds is 6. The van der Waals surface area contributed by atoms with E-state index in [1.807, 2.05) is 37.4 Å². The maximum absolute atomic E-state index is 5.66. The summed E-state index contributed by atoms with van der Waals surface area (Å²) < 4.78 is 11.2. The molecular formula is C15H23NO2. The van der Waals surface area contributed by atoms with Gasteiger partial charge in [-0.25, -0.2) is 0 Å². The van der Waals surface area contributed by atoms with Crippen molar-refractivity contribution in [2.24, 2.45) is 0 Å². The number of para-hydroxylation sites is 1. The lowest BCUT2D eigenvalue weighted by atomic mass is 9.92. The highest BCUT2D eigenvalue weighted by Gasteiger charge is 2.23. The molecule has 18 heavy (non-hydrogen) atoms. The van der Waals surface area contributed by atoms with E-state index < -0.39 is 0 Å². The lowest BCUT2D eigenvalue weighted by Crippen LogP contribution is -2.44. The highest BCUT2D eigenvalue weighted by Crippen LogP contribution is 2.20. The van der Waals surface area contributed by atoms with Crippen LogP contribution in [0.1, 0.15) is 25.7 Å². The molecule has 0 bridgehead atoms. The molecule has 0 heterocycles. The first kappa shape index (κ1) is 13.4. The second kappa shape index (κ2) is 7.39. The van der Waals surface area contributed by atoms with Crippen molar-refractivity contribution in [3.05, 3.63) is 30.3 Å². The predicted molar refractivity (Wildman–Crippen MR) is 73.0 cm³/mol. The third-order valence-corrected chi connectivity index (χ3v) is 3.53. The van der Waals surface area contributed by atoms with Crippen LogP contribution in [0.15, 0.2) is 30.3 Å². The van der Waals surface area contributed by atoms with E-state index in [1.54, 1.807) is 0 Å². The van der Waals surface area contributed by atoms with Crippen molar-refractivity contribution < 1.29 is 9.47 Å². The molecule has 0 amide bonds. The second-order valence-electron chi connectivity index (χ2n) is 4.78. The summed E-state index contributed by atoms with van der Waals surface area (Å²) in [5.74, 6) is 0.936. The third-order valence-electron chi connectivity index (χ3n) is 3.53. The van der Waals surface area contributed by atoms with E-state index in [2.05, 4.69) is 5.32 Å². The molecule has 2 rings (SSSR count). The van der Waals surface area contributed by atoms with Crippen molar-refractivity contribution in [3.8, 4) is 5.75 Å². The van der Waals surface area contributed by atoms with E-state index in [1.165, 1.54) is 25.7 Å². The Balaban J connectivity index is 1.65. The monoisotopic (exact) mass is 249 g/mol. The van der Waals surface area contributed by atoms with E-state index in [-0.39, 0.29) is 0 Å². The van der Waals surface area contributed by atoms with Crippen LogP contribution in [0.25, 0.3) is 0 Å². The zero-order valence-corrected chi connectivity index (χ0v) is 11.1. The zero-order valence-electron chi connectivity index (χ0n) is 11.1. The van der Waals surface area contributed by atoms with Gasteiger partial charge in [0.2, 0.25) is 0 Å². The molecular weight excluding hydrogens is 226 g/mol. The van der Waals surface area contributed by atoms with E-state index in [9.17, 15) is 0 Å². The van der Waals surface area contributed by atoms with Gasteiger partial charge in [-0.3, -0.25) is 0 Å². The van der Waals surface area contributed by atoms with Gasteiger partial charge in [0, 0.05) is 19.7 Å². The van der Waals surface area contributed by atoms with Crippen LogP contribution >= 0.6 is 0 Å². The number of hydrogen-bond acceptors (Lipinski definition) is 3. The normalized spacial score (nSPS) is 23.8. The van der Waals surface area contributed by atoms with E-state index in [0.717, 1.165) is 12.3 Å². The molecule has 2 unspecified atom stereocenters. The van der Waals surface area contributed by atoms with Crippen LogP contribution in [-0.4, -0.2) is 32.4 Å². The molecule has 3 nitrogen and oxygen atoms in total. The summed E-state index contributed by atoms with van der Waals surface area (Å²) in [6.45, 7) is 1.58. The fourth-order valence-electron chi connectivity index (χ4n) is 2.54. The smallest absolute Gasteiger partial charge is 0.119 e. The van der Waals surface area contributed by atoms with Gasteiger partial charge >= 0.3 is 0 Å². The molecule has 0 aromatic heterocycles. The highest BCUT2D eigenvalue weighted by atomic mass is 16.5. The summed E-state index contributed by atoms with van der Waals surface area (Å²) in [7, 11) is 1.81. The van der Waals surface area contributed by atoms with Gasteiger partial charge in [-0.05, 0) is 25.0 Å². The summed E-state index contributed by atoms with van der Waals surface area (Å²) in [4.78, 5) is 0. The molecule has 0 radical (unpaired) electrons. The molecule has 0 spiro atoms. The molecule has 1 aromatic carbocycles. The van der Waals surface area contributed by atoms with Crippen LogP contribution in [0.3, 0.4) is 0 Å². The standard InChI is InChI=1S/C15H23NO2/c1-17-15-10-6-5-9-14(15)16-11-12-18-13-7-3-2-4-8-13/h2-4,7-8,14-16H,5-6,9-12H2,1H3. The molecule has 1 fully saturated rings. The Labute approximate surface area is 109 Å². The molecule has 0 aliphatic heterocycles. The van der Waals surface area contributed by atoms with E-state index in [0.29, 0.717) is 18.8 Å². The average Bonchev–Trinajstić information content (AvgIpc) is 2.45.